The zero-order valence-electron chi connectivity index (χ0n) is 17.3. The normalized spacial score (nSPS) is 13.7. The van der Waals surface area contributed by atoms with Gasteiger partial charge in [0.2, 0.25) is 0 Å². The first-order valence-corrected chi connectivity index (χ1v) is 9.76. The van der Waals surface area contributed by atoms with Gasteiger partial charge >= 0.3 is 6.09 Å². The lowest BCUT2D eigenvalue weighted by Crippen LogP contribution is -2.46. The molecule has 2 aromatic rings. The van der Waals surface area contributed by atoms with E-state index in [4.69, 9.17) is 9.47 Å². The van der Waals surface area contributed by atoms with Gasteiger partial charge in [-0.05, 0) is 36.8 Å². The van der Waals surface area contributed by atoms with Crippen molar-refractivity contribution in [3.63, 3.8) is 0 Å². The van der Waals surface area contributed by atoms with E-state index in [0.717, 1.165) is 44.0 Å². The molecule has 30 heavy (non-hydrogen) atoms. The Morgan fingerprint density at radius 2 is 1.87 bits per heavy atom. The molecule has 0 unspecified atom stereocenters. The van der Waals surface area contributed by atoms with Crippen LogP contribution in [0.25, 0.3) is 0 Å². The molecule has 1 aliphatic rings. The number of halogens is 1. The third kappa shape index (κ3) is 5.78. The van der Waals surface area contributed by atoms with Crippen LogP contribution in [0.2, 0.25) is 0 Å². The van der Waals surface area contributed by atoms with Gasteiger partial charge in [0.1, 0.15) is 6.07 Å². The number of anilines is 1. The molecule has 1 heterocycles. The summed E-state index contributed by atoms with van der Waals surface area (Å²) >= 11 is 0. The second-order valence-corrected chi connectivity index (χ2v) is 6.75. The number of para-hydroxylation sites is 1. The van der Waals surface area contributed by atoms with Gasteiger partial charge in [0.15, 0.2) is 11.5 Å². The van der Waals surface area contributed by atoms with Gasteiger partial charge < -0.3 is 19.7 Å². The Hall–Kier alpha value is -2.95. The summed E-state index contributed by atoms with van der Waals surface area (Å²) in [6.45, 7) is 6.72. The lowest BCUT2D eigenvalue weighted by molar-refractivity contribution is 0.199. The molecule has 7 nitrogen and oxygen atoms in total. The van der Waals surface area contributed by atoms with Crippen molar-refractivity contribution in [3.8, 4) is 17.6 Å². The minimum atomic E-state index is -0.521. The molecular formula is C22H27ClN4O3. The quantitative estimate of drug-likeness (QED) is 0.756. The van der Waals surface area contributed by atoms with E-state index in [-0.39, 0.29) is 12.4 Å². The van der Waals surface area contributed by atoms with Crippen LogP contribution in [0.4, 0.5) is 10.5 Å². The second kappa shape index (κ2) is 11.3. The molecule has 8 heteroatoms. The molecule has 1 N–H and O–H groups in total. The standard InChI is InChI=1S/C22H26N4O3.ClH/c1-3-28-21-14-17(8-9-20(21)29-22(27)24-2)16-25-10-12-26(13-11-25)19-7-5-4-6-18(19)15-23;/h4-9,14H,3,10-13,16H2,1-2H3,(H,24,27);1H. The first-order valence-electron chi connectivity index (χ1n) is 9.76. The van der Waals surface area contributed by atoms with Gasteiger partial charge in [-0.3, -0.25) is 4.90 Å². The van der Waals surface area contributed by atoms with Crippen molar-refractivity contribution in [1.82, 2.24) is 10.2 Å². The lowest BCUT2D eigenvalue weighted by Gasteiger charge is -2.36. The highest BCUT2D eigenvalue weighted by Gasteiger charge is 2.20. The van der Waals surface area contributed by atoms with Crippen molar-refractivity contribution in [2.75, 3.05) is 44.7 Å². The maximum Gasteiger partial charge on any atom is 0.412 e. The molecule has 0 aliphatic carbocycles. The molecule has 0 radical (unpaired) electrons. The summed E-state index contributed by atoms with van der Waals surface area (Å²) < 4.78 is 10.9. The van der Waals surface area contributed by atoms with Crippen molar-refractivity contribution >= 4 is 24.2 Å². The summed E-state index contributed by atoms with van der Waals surface area (Å²) in [6.07, 6.45) is -0.521. The molecule has 0 aromatic heterocycles. The zero-order chi connectivity index (χ0) is 20.6. The van der Waals surface area contributed by atoms with Crippen molar-refractivity contribution < 1.29 is 14.3 Å². The van der Waals surface area contributed by atoms with E-state index in [2.05, 4.69) is 21.2 Å². The first-order chi connectivity index (χ1) is 14.1. The van der Waals surface area contributed by atoms with Crippen LogP contribution in [0.3, 0.4) is 0 Å². The molecule has 0 atom stereocenters. The predicted molar refractivity (Wildman–Crippen MR) is 119 cm³/mol. The molecule has 1 saturated heterocycles. The number of carbonyl (C=O) groups is 1. The molecule has 0 spiro atoms. The van der Waals surface area contributed by atoms with Crippen LogP contribution in [-0.2, 0) is 6.54 Å². The molecule has 160 valence electrons. The monoisotopic (exact) mass is 430 g/mol. The second-order valence-electron chi connectivity index (χ2n) is 6.75. The van der Waals surface area contributed by atoms with Gasteiger partial charge in [-0.2, -0.15) is 5.26 Å². The van der Waals surface area contributed by atoms with Gasteiger partial charge in [0, 0.05) is 39.8 Å². The minimum absolute atomic E-state index is 0. The van der Waals surface area contributed by atoms with E-state index >= 15 is 0 Å². The van der Waals surface area contributed by atoms with Gasteiger partial charge in [-0.15, -0.1) is 12.4 Å². The van der Waals surface area contributed by atoms with Crippen LogP contribution in [0.5, 0.6) is 11.5 Å². The van der Waals surface area contributed by atoms with Gasteiger partial charge in [-0.1, -0.05) is 18.2 Å². The molecule has 0 saturated carbocycles. The summed E-state index contributed by atoms with van der Waals surface area (Å²) in [4.78, 5) is 16.1. The fourth-order valence-corrected chi connectivity index (χ4v) is 3.40. The van der Waals surface area contributed by atoms with E-state index in [1.54, 1.807) is 6.07 Å². The molecule has 1 fully saturated rings. The number of ether oxygens (including phenoxy) is 2. The maximum absolute atomic E-state index is 11.5. The fourth-order valence-electron chi connectivity index (χ4n) is 3.40. The largest absolute Gasteiger partial charge is 0.490 e. The Labute approximate surface area is 183 Å². The molecule has 2 aromatic carbocycles. The Balaban J connectivity index is 0.00000320. The Kier molecular flexibility index (Phi) is 8.78. The molecular weight excluding hydrogens is 404 g/mol. The number of rotatable bonds is 6. The summed E-state index contributed by atoms with van der Waals surface area (Å²) in [5, 5.41) is 11.8. The van der Waals surface area contributed by atoms with Crippen LogP contribution >= 0.6 is 12.4 Å². The highest BCUT2D eigenvalue weighted by molar-refractivity contribution is 5.85. The summed E-state index contributed by atoms with van der Waals surface area (Å²) in [5.41, 5.74) is 2.82. The van der Waals surface area contributed by atoms with Crippen LogP contribution < -0.4 is 19.7 Å². The number of nitriles is 1. The SMILES string of the molecule is CCOc1cc(CN2CCN(c3ccccc3C#N)CC2)ccc1OC(=O)NC.Cl. The van der Waals surface area contributed by atoms with Crippen molar-refractivity contribution in [1.29, 1.82) is 5.26 Å². The number of hydrogen-bond donors (Lipinski definition) is 1. The predicted octanol–water partition coefficient (Wildman–Crippen LogP) is 3.42. The number of carbonyl (C=O) groups excluding carboxylic acids is 1. The first kappa shape index (κ1) is 23.3. The summed E-state index contributed by atoms with van der Waals surface area (Å²) in [5.74, 6) is 0.975. The highest BCUT2D eigenvalue weighted by atomic mass is 35.5. The number of amides is 1. The molecule has 3 rings (SSSR count). The number of nitrogens with one attached hydrogen (secondary N) is 1. The van der Waals surface area contributed by atoms with Gasteiger partial charge in [-0.25, -0.2) is 4.79 Å². The number of piperazine rings is 1. The average molecular weight is 431 g/mol. The van der Waals surface area contributed by atoms with Gasteiger partial charge in [0.05, 0.1) is 17.9 Å². The Morgan fingerprint density at radius 1 is 1.13 bits per heavy atom. The summed E-state index contributed by atoms with van der Waals surface area (Å²) in [6, 6.07) is 15.7. The zero-order valence-corrected chi connectivity index (χ0v) is 18.1. The molecule has 1 aliphatic heterocycles. The fraction of sp³-hybridized carbons (Fsp3) is 0.364. The molecule has 0 bridgehead atoms. The molecule has 1 amide bonds. The highest BCUT2D eigenvalue weighted by Crippen LogP contribution is 2.29. The maximum atomic E-state index is 11.5. The van der Waals surface area contributed by atoms with E-state index in [0.29, 0.717) is 23.7 Å². The van der Waals surface area contributed by atoms with E-state index in [1.165, 1.54) is 7.05 Å². The number of hydrogen-bond acceptors (Lipinski definition) is 6. The third-order valence-electron chi connectivity index (χ3n) is 4.86. The third-order valence-corrected chi connectivity index (χ3v) is 4.86. The van der Waals surface area contributed by atoms with Crippen LogP contribution in [0, 0.1) is 11.3 Å². The summed E-state index contributed by atoms with van der Waals surface area (Å²) in [7, 11) is 1.52. The van der Waals surface area contributed by atoms with E-state index < -0.39 is 6.09 Å². The van der Waals surface area contributed by atoms with Gasteiger partial charge in [0.25, 0.3) is 0 Å². The average Bonchev–Trinajstić information content (AvgIpc) is 2.76. The Bertz CT molecular complexity index is 892. The smallest absolute Gasteiger partial charge is 0.412 e. The minimum Gasteiger partial charge on any atom is -0.490 e. The number of benzene rings is 2. The topological polar surface area (TPSA) is 77.8 Å². The van der Waals surface area contributed by atoms with Crippen molar-refractivity contribution in [2.24, 2.45) is 0 Å². The Morgan fingerprint density at radius 3 is 2.53 bits per heavy atom. The van der Waals surface area contributed by atoms with Crippen molar-refractivity contribution in [2.45, 2.75) is 13.5 Å². The van der Waals surface area contributed by atoms with Crippen molar-refractivity contribution in [3.05, 3.63) is 53.6 Å². The number of nitrogens with zero attached hydrogens (tertiary/aromatic N) is 3. The van der Waals surface area contributed by atoms with E-state index in [9.17, 15) is 10.1 Å². The van der Waals surface area contributed by atoms with Crippen LogP contribution in [-0.4, -0.2) is 50.8 Å². The van der Waals surface area contributed by atoms with Crippen LogP contribution in [0.1, 0.15) is 18.1 Å². The lowest BCUT2D eigenvalue weighted by atomic mass is 10.1. The van der Waals surface area contributed by atoms with E-state index in [1.807, 2.05) is 43.3 Å². The van der Waals surface area contributed by atoms with Crippen LogP contribution in [0.15, 0.2) is 42.5 Å².